The van der Waals surface area contributed by atoms with Gasteiger partial charge in [-0.05, 0) is 18.9 Å². The van der Waals surface area contributed by atoms with E-state index in [4.69, 9.17) is 11.6 Å². The first-order valence-corrected chi connectivity index (χ1v) is 8.36. The minimum Gasteiger partial charge on any atom is -0.373 e. The average molecular weight is 318 g/mol. The fraction of sp³-hybridized carbons (Fsp3) is 0.500. The highest BCUT2D eigenvalue weighted by molar-refractivity contribution is 7.92. The first-order valence-electron chi connectivity index (χ1n) is 6.27. The summed E-state index contributed by atoms with van der Waals surface area (Å²) >= 11 is 5.93. The number of hydrogen-bond acceptors (Lipinski definition) is 5. The Morgan fingerprint density at radius 2 is 2.30 bits per heavy atom. The van der Waals surface area contributed by atoms with Gasteiger partial charge in [0.2, 0.25) is 0 Å². The predicted octanol–water partition coefficient (Wildman–Crippen LogP) is 1.08. The maximum Gasteiger partial charge on any atom is 0.253 e. The molecule has 1 amide bonds. The van der Waals surface area contributed by atoms with Gasteiger partial charge >= 0.3 is 0 Å². The van der Waals surface area contributed by atoms with E-state index >= 15 is 0 Å². The Morgan fingerprint density at radius 3 is 2.90 bits per heavy atom. The van der Waals surface area contributed by atoms with Crippen molar-refractivity contribution in [2.75, 3.05) is 24.7 Å². The van der Waals surface area contributed by atoms with Gasteiger partial charge in [-0.1, -0.05) is 11.6 Å². The molecule has 1 aliphatic rings. The number of sulfone groups is 1. The molecular formula is C12H16ClN3O3S. The summed E-state index contributed by atoms with van der Waals surface area (Å²) in [6, 6.07) is 1.53. The van der Waals surface area contributed by atoms with Crippen molar-refractivity contribution in [3.8, 4) is 0 Å². The molecule has 2 rings (SSSR count). The molecule has 2 N–H and O–H groups in total. The van der Waals surface area contributed by atoms with Crippen molar-refractivity contribution < 1.29 is 13.2 Å². The van der Waals surface area contributed by atoms with Crippen LogP contribution in [0.5, 0.6) is 0 Å². The molecule has 110 valence electrons. The third kappa shape index (κ3) is 3.21. The van der Waals surface area contributed by atoms with E-state index in [1.54, 1.807) is 7.05 Å². The molecule has 1 aliphatic heterocycles. The van der Waals surface area contributed by atoms with E-state index in [0.717, 1.165) is 0 Å². The molecule has 1 unspecified atom stereocenters. The second kappa shape index (κ2) is 5.97. The van der Waals surface area contributed by atoms with Crippen molar-refractivity contribution in [1.29, 1.82) is 0 Å². The summed E-state index contributed by atoms with van der Waals surface area (Å²) in [5.41, 5.74) is 0.279. The molecular weight excluding hydrogens is 302 g/mol. The zero-order valence-corrected chi connectivity index (χ0v) is 12.6. The number of pyridine rings is 1. The number of amides is 1. The van der Waals surface area contributed by atoms with E-state index in [-0.39, 0.29) is 22.9 Å². The molecule has 1 aromatic rings. The molecule has 8 heteroatoms. The topological polar surface area (TPSA) is 88.2 Å². The molecule has 6 nitrogen and oxygen atoms in total. The van der Waals surface area contributed by atoms with E-state index in [1.807, 2.05) is 0 Å². The number of aromatic nitrogens is 1. The fourth-order valence-corrected chi connectivity index (χ4v) is 4.09. The second-order valence-electron chi connectivity index (χ2n) is 4.64. The molecule has 1 atom stereocenters. The van der Waals surface area contributed by atoms with Gasteiger partial charge in [0.25, 0.3) is 5.91 Å². The van der Waals surface area contributed by atoms with Crippen LogP contribution in [0.3, 0.4) is 0 Å². The number of hydrogen-bond donors (Lipinski definition) is 2. The van der Waals surface area contributed by atoms with Gasteiger partial charge in [0.15, 0.2) is 9.84 Å². The van der Waals surface area contributed by atoms with Crippen molar-refractivity contribution in [2.45, 2.75) is 18.1 Å². The lowest BCUT2D eigenvalue weighted by Gasteiger charge is -2.12. The largest absolute Gasteiger partial charge is 0.373 e. The number of anilines is 1. The average Bonchev–Trinajstić information content (AvgIpc) is 2.75. The van der Waals surface area contributed by atoms with E-state index in [1.165, 1.54) is 12.3 Å². The van der Waals surface area contributed by atoms with Crippen LogP contribution in [0.25, 0.3) is 0 Å². The minimum atomic E-state index is -3.06. The summed E-state index contributed by atoms with van der Waals surface area (Å²) in [4.78, 5) is 16.0. The monoisotopic (exact) mass is 317 g/mol. The Morgan fingerprint density at radius 1 is 1.55 bits per heavy atom. The fourth-order valence-electron chi connectivity index (χ4n) is 2.14. The van der Waals surface area contributed by atoms with Crippen LogP contribution in [-0.4, -0.2) is 43.9 Å². The molecule has 0 spiro atoms. The minimum absolute atomic E-state index is 0.120. The van der Waals surface area contributed by atoms with Crippen molar-refractivity contribution >= 4 is 33.2 Å². The van der Waals surface area contributed by atoms with Gasteiger partial charge in [-0.2, -0.15) is 0 Å². The SMILES string of the molecule is CNc1cc(C(=O)NCC2CCCS2(=O)=O)c(Cl)cn1. The quantitative estimate of drug-likeness (QED) is 0.867. The molecule has 1 saturated heterocycles. The summed E-state index contributed by atoms with van der Waals surface area (Å²) in [5, 5.41) is 5.19. The molecule has 1 aromatic heterocycles. The second-order valence-corrected chi connectivity index (χ2v) is 7.45. The van der Waals surface area contributed by atoms with Gasteiger partial charge in [-0.3, -0.25) is 4.79 Å². The highest BCUT2D eigenvalue weighted by Gasteiger charge is 2.31. The van der Waals surface area contributed by atoms with Crippen LogP contribution in [0.15, 0.2) is 12.3 Å². The molecule has 0 saturated carbocycles. The Bertz CT molecular complexity index is 618. The Labute approximate surface area is 122 Å². The van der Waals surface area contributed by atoms with Crippen LogP contribution < -0.4 is 10.6 Å². The third-order valence-corrected chi connectivity index (χ3v) is 5.89. The normalized spacial score (nSPS) is 20.6. The van der Waals surface area contributed by atoms with Crippen LogP contribution >= 0.6 is 11.6 Å². The summed E-state index contributed by atoms with van der Waals surface area (Å²) in [5.74, 6) is 0.331. The molecule has 2 heterocycles. The van der Waals surface area contributed by atoms with E-state index in [9.17, 15) is 13.2 Å². The first kappa shape index (κ1) is 15.1. The maximum absolute atomic E-state index is 12.1. The Balaban J connectivity index is 2.05. The molecule has 0 aromatic carbocycles. The van der Waals surface area contributed by atoms with Gasteiger partial charge in [0.05, 0.1) is 21.6 Å². The van der Waals surface area contributed by atoms with E-state index < -0.39 is 21.0 Å². The van der Waals surface area contributed by atoms with Crippen molar-refractivity contribution in [3.05, 3.63) is 22.8 Å². The van der Waals surface area contributed by atoms with Gasteiger partial charge < -0.3 is 10.6 Å². The van der Waals surface area contributed by atoms with Crippen LogP contribution in [0.1, 0.15) is 23.2 Å². The number of rotatable bonds is 4. The number of nitrogens with zero attached hydrogens (tertiary/aromatic N) is 1. The smallest absolute Gasteiger partial charge is 0.253 e. The highest BCUT2D eigenvalue weighted by Crippen LogP contribution is 2.20. The Kier molecular flexibility index (Phi) is 4.49. The summed E-state index contributed by atoms with van der Waals surface area (Å²) in [6.45, 7) is 0.120. The van der Waals surface area contributed by atoms with Crippen molar-refractivity contribution in [2.24, 2.45) is 0 Å². The number of halogens is 1. The molecule has 20 heavy (non-hydrogen) atoms. The predicted molar refractivity (Wildman–Crippen MR) is 77.9 cm³/mol. The number of carbonyl (C=O) groups excluding carboxylic acids is 1. The van der Waals surface area contributed by atoms with Crippen LogP contribution in [0, 0.1) is 0 Å². The Hall–Kier alpha value is -1.34. The van der Waals surface area contributed by atoms with Gasteiger partial charge in [-0.15, -0.1) is 0 Å². The van der Waals surface area contributed by atoms with Crippen LogP contribution in [0.4, 0.5) is 5.82 Å². The summed E-state index contributed by atoms with van der Waals surface area (Å²) < 4.78 is 23.4. The van der Waals surface area contributed by atoms with Crippen LogP contribution in [0.2, 0.25) is 5.02 Å². The maximum atomic E-state index is 12.1. The molecule has 0 aliphatic carbocycles. The third-order valence-electron chi connectivity index (χ3n) is 3.31. The zero-order chi connectivity index (χ0) is 14.8. The van der Waals surface area contributed by atoms with Crippen LogP contribution in [-0.2, 0) is 9.84 Å². The summed E-state index contributed by atoms with van der Waals surface area (Å²) in [6.07, 6.45) is 2.63. The molecule has 0 bridgehead atoms. The standard InChI is InChI=1S/C12H16ClN3O3S/c1-14-11-5-9(10(13)7-15-11)12(17)16-6-8-3-2-4-20(8,18)19/h5,7-8H,2-4,6H2,1H3,(H,14,15)(H,16,17). The lowest BCUT2D eigenvalue weighted by Crippen LogP contribution is -2.34. The van der Waals surface area contributed by atoms with E-state index in [0.29, 0.717) is 18.7 Å². The zero-order valence-electron chi connectivity index (χ0n) is 11.0. The first-order chi connectivity index (χ1) is 9.44. The van der Waals surface area contributed by atoms with Crippen molar-refractivity contribution in [1.82, 2.24) is 10.3 Å². The van der Waals surface area contributed by atoms with Gasteiger partial charge in [0.1, 0.15) is 5.82 Å². The number of nitrogens with one attached hydrogen (secondary N) is 2. The van der Waals surface area contributed by atoms with Gasteiger partial charge in [0, 0.05) is 19.8 Å². The highest BCUT2D eigenvalue weighted by atomic mass is 35.5. The molecule has 0 radical (unpaired) electrons. The van der Waals surface area contributed by atoms with Crippen molar-refractivity contribution in [3.63, 3.8) is 0 Å². The van der Waals surface area contributed by atoms with E-state index in [2.05, 4.69) is 15.6 Å². The number of carbonyl (C=O) groups is 1. The summed E-state index contributed by atoms with van der Waals surface area (Å²) in [7, 11) is -1.38. The lowest BCUT2D eigenvalue weighted by atomic mass is 10.2. The lowest BCUT2D eigenvalue weighted by molar-refractivity contribution is 0.0953. The van der Waals surface area contributed by atoms with Gasteiger partial charge in [-0.25, -0.2) is 13.4 Å². The molecule has 1 fully saturated rings.